The Bertz CT molecular complexity index is 746. The molecule has 2 aromatic rings. The zero-order chi connectivity index (χ0) is 14.9. The molecule has 5 nitrogen and oxygen atoms in total. The van der Waals surface area contributed by atoms with Crippen LogP contribution in [0.25, 0.3) is 0 Å². The molecule has 0 unspecified atom stereocenters. The first-order valence-electron chi connectivity index (χ1n) is 5.32. The van der Waals surface area contributed by atoms with Crippen molar-refractivity contribution < 1.29 is 21.9 Å². The van der Waals surface area contributed by atoms with Crippen molar-refractivity contribution >= 4 is 19.7 Å². The van der Waals surface area contributed by atoms with Gasteiger partial charge in [0, 0.05) is 30.0 Å². The molecule has 0 spiro atoms. The molecule has 2 rings (SSSR count). The minimum absolute atomic E-state index is 0.178. The summed E-state index contributed by atoms with van der Waals surface area (Å²) in [6.07, 6.45) is 1.64. The fraction of sp³-hybridized carbons (Fsp3) is 0.182. The molecule has 1 aromatic carbocycles. The number of halogens is 3. The quantitative estimate of drug-likeness (QED) is 0.810. The zero-order valence-corrected chi connectivity index (χ0v) is 11.8. The van der Waals surface area contributed by atoms with E-state index in [4.69, 9.17) is 15.4 Å². The van der Waals surface area contributed by atoms with E-state index in [0.717, 1.165) is 0 Å². The van der Waals surface area contributed by atoms with Gasteiger partial charge in [-0.3, -0.25) is 4.68 Å². The van der Waals surface area contributed by atoms with Gasteiger partial charge in [-0.15, -0.1) is 0 Å². The molecule has 1 aromatic heterocycles. The Balaban J connectivity index is 2.35. The summed E-state index contributed by atoms with van der Waals surface area (Å²) < 4.78 is 55.9. The molecule has 20 heavy (non-hydrogen) atoms. The minimum Gasteiger partial charge on any atom is -0.483 e. The van der Waals surface area contributed by atoms with E-state index in [1.165, 1.54) is 4.68 Å². The van der Waals surface area contributed by atoms with E-state index in [-0.39, 0.29) is 6.61 Å². The first-order valence-corrected chi connectivity index (χ1v) is 7.63. The van der Waals surface area contributed by atoms with Crippen molar-refractivity contribution in [1.82, 2.24) is 9.78 Å². The van der Waals surface area contributed by atoms with Gasteiger partial charge in [-0.1, -0.05) is 0 Å². The molecule has 0 amide bonds. The molecule has 9 heteroatoms. The summed E-state index contributed by atoms with van der Waals surface area (Å²) >= 11 is 0. The van der Waals surface area contributed by atoms with Crippen molar-refractivity contribution in [2.45, 2.75) is 11.5 Å². The first kappa shape index (κ1) is 14.7. The third-order valence-corrected chi connectivity index (χ3v) is 3.70. The molecule has 0 aliphatic rings. The van der Waals surface area contributed by atoms with Crippen LogP contribution in [0, 0.1) is 11.6 Å². The number of aryl methyl sites for hydroxylation is 1. The van der Waals surface area contributed by atoms with Crippen molar-refractivity contribution in [3.05, 3.63) is 41.7 Å². The van der Waals surface area contributed by atoms with Gasteiger partial charge in [0.1, 0.15) is 17.3 Å². The van der Waals surface area contributed by atoms with Crippen LogP contribution in [0.5, 0.6) is 5.75 Å². The fourth-order valence-electron chi connectivity index (χ4n) is 1.54. The topological polar surface area (TPSA) is 61.2 Å². The first-order chi connectivity index (χ1) is 9.27. The lowest BCUT2D eigenvalue weighted by Gasteiger charge is -2.09. The van der Waals surface area contributed by atoms with Crippen LogP contribution in [0.15, 0.2) is 29.3 Å². The second-order valence-corrected chi connectivity index (χ2v) is 6.46. The Kier molecular flexibility index (Phi) is 3.96. The lowest BCUT2D eigenvalue weighted by Crippen LogP contribution is -2.05. The molecule has 0 aliphatic heterocycles. The Hall–Kier alpha value is -1.67. The minimum atomic E-state index is -4.34. The van der Waals surface area contributed by atoms with Gasteiger partial charge in [-0.25, -0.2) is 17.2 Å². The second kappa shape index (κ2) is 5.37. The molecule has 0 fully saturated rings. The van der Waals surface area contributed by atoms with Gasteiger partial charge in [0.25, 0.3) is 9.05 Å². The number of hydrogen-bond acceptors (Lipinski definition) is 4. The summed E-state index contributed by atoms with van der Waals surface area (Å²) in [5.74, 6) is -2.85. The molecular formula is C11H9ClF2N2O3S. The van der Waals surface area contributed by atoms with E-state index in [2.05, 4.69) is 5.10 Å². The molecule has 0 saturated heterocycles. The molecule has 1 heterocycles. The number of aromatic nitrogens is 2. The van der Waals surface area contributed by atoms with Crippen molar-refractivity contribution in [2.75, 3.05) is 0 Å². The summed E-state index contributed by atoms with van der Waals surface area (Å²) in [6, 6.07) is 2.72. The Morgan fingerprint density at radius 2 is 2.10 bits per heavy atom. The van der Waals surface area contributed by atoms with Crippen LogP contribution in [-0.2, 0) is 22.7 Å². The summed E-state index contributed by atoms with van der Waals surface area (Å²) in [5.41, 5.74) is 0.453. The highest BCUT2D eigenvalue weighted by molar-refractivity contribution is 8.13. The largest absolute Gasteiger partial charge is 0.483 e. The summed E-state index contributed by atoms with van der Waals surface area (Å²) in [4.78, 5) is -0.757. The molecule has 0 N–H and O–H groups in total. The third-order valence-electron chi connectivity index (χ3n) is 2.37. The molecule has 0 saturated carbocycles. The lowest BCUT2D eigenvalue weighted by atomic mass is 10.3. The van der Waals surface area contributed by atoms with Gasteiger partial charge in [0.2, 0.25) is 0 Å². The maximum Gasteiger partial charge on any atom is 0.265 e. The van der Waals surface area contributed by atoms with Gasteiger partial charge in [-0.05, 0) is 12.1 Å². The highest BCUT2D eigenvalue weighted by atomic mass is 35.7. The fourth-order valence-corrected chi connectivity index (χ4v) is 2.52. The summed E-state index contributed by atoms with van der Waals surface area (Å²) in [6.45, 7) is -0.178. The van der Waals surface area contributed by atoms with E-state index >= 15 is 0 Å². The normalized spacial score (nSPS) is 11.6. The number of nitrogens with zero attached hydrogens (tertiary/aromatic N) is 2. The smallest absolute Gasteiger partial charge is 0.265 e. The molecule has 108 valence electrons. The highest BCUT2D eigenvalue weighted by Crippen LogP contribution is 2.31. The van der Waals surface area contributed by atoms with Gasteiger partial charge < -0.3 is 4.74 Å². The van der Waals surface area contributed by atoms with Crippen molar-refractivity contribution in [1.29, 1.82) is 0 Å². The van der Waals surface area contributed by atoms with Crippen molar-refractivity contribution in [2.24, 2.45) is 7.05 Å². The van der Waals surface area contributed by atoms with Crippen molar-refractivity contribution in [3.8, 4) is 5.75 Å². The average Bonchev–Trinajstić information content (AvgIpc) is 2.72. The Morgan fingerprint density at radius 3 is 2.65 bits per heavy atom. The Labute approximate surface area is 118 Å². The van der Waals surface area contributed by atoms with Gasteiger partial charge in [0.05, 0.1) is 5.69 Å². The number of benzene rings is 1. The van der Waals surface area contributed by atoms with Crippen LogP contribution in [0.2, 0.25) is 0 Å². The molecule has 0 aliphatic carbocycles. The Morgan fingerprint density at radius 1 is 1.40 bits per heavy atom. The predicted molar refractivity (Wildman–Crippen MR) is 66.9 cm³/mol. The molecular weight excluding hydrogens is 314 g/mol. The highest BCUT2D eigenvalue weighted by Gasteiger charge is 2.22. The molecule has 0 bridgehead atoms. The maximum absolute atomic E-state index is 13.6. The van der Waals surface area contributed by atoms with Crippen LogP contribution in [0.3, 0.4) is 0 Å². The lowest BCUT2D eigenvalue weighted by molar-refractivity contribution is 0.275. The number of ether oxygens (including phenoxy) is 1. The number of rotatable bonds is 4. The van der Waals surface area contributed by atoms with Crippen LogP contribution in [0.1, 0.15) is 5.69 Å². The van der Waals surface area contributed by atoms with Gasteiger partial charge >= 0.3 is 0 Å². The monoisotopic (exact) mass is 322 g/mol. The van der Waals surface area contributed by atoms with Crippen molar-refractivity contribution in [3.63, 3.8) is 0 Å². The van der Waals surface area contributed by atoms with E-state index in [0.29, 0.717) is 17.8 Å². The summed E-state index contributed by atoms with van der Waals surface area (Å²) in [7, 11) is 2.47. The zero-order valence-electron chi connectivity index (χ0n) is 10.2. The van der Waals surface area contributed by atoms with E-state index in [1.54, 1.807) is 19.3 Å². The maximum atomic E-state index is 13.6. The second-order valence-electron chi connectivity index (χ2n) is 3.92. The standard InChI is InChI=1S/C11H9ClF2N2O3S/c1-16-3-2-8(15-16)6-19-11-9(14)4-7(13)5-10(11)20(12,17)18/h2-5H,6H2,1H3. The van der Waals surface area contributed by atoms with Crippen LogP contribution in [0.4, 0.5) is 8.78 Å². The predicted octanol–water partition coefficient (Wildman–Crippen LogP) is 2.20. The van der Waals surface area contributed by atoms with Gasteiger partial charge in [-0.2, -0.15) is 5.10 Å². The molecule has 0 radical (unpaired) electrons. The third kappa shape index (κ3) is 3.26. The number of hydrogen-bond donors (Lipinski definition) is 0. The average molecular weight is 323 g/mol. The van der Waals surface area contributed by atoms with Crippen LogP contribution in [-0.4, -0.2) is 18.2 Å². The van der Waals surface area contributed by atoms with E-state index in [9.17, 15) is 17.2 Å². The SMILES string of the molecule is Cn1ccc(COc2c(F)cc(F)cc2S(=O)(=O)Cl)n1. The van der Waals surface area contributed by atoms with Crippen LogP contribution < -0.4 is 4.74 Å². The molecule has 0 atom stereocenters. The van der Waals surface area contributed by atoms with E-state index in [1.807, 2.05) is 0 Å². The summed E-state index contributed by atoms with van der Waals surface area (Å²) in [5, 5.41) is 3.98. The van der Waals surface area contributed by atoms with Crippen LogP contribution >= 0.6 is 10.7 Å². The van der Waals surface area contributed by atoms with E-state index < -0.39 is 31.3 Å². The van der Waals surface area contributed by atoms with Gasteiger partial charge in [0.15, 0.2) is 11.6 Å².